The molecule has 0 bridgehead atoms. The standard InChI is InChI=1S/C16H23N5OS/c1-11(9-14-4-3-12(2)23-14)18-16(22)15-10-21(20-19-15)13-5-7-17-8-6-13/h3-4,10-11,13,17H,5-9H2,1-2H3,(H,18,22). The Morgan fingerprint density at radius 3 is 2.96 bits per heavy atom. The first-order chi connectivity index (χ1) is 11.1. The normalized spacial score (nSPS) is 17.1. The second-order valence-electron chi connectivity index (χ2n) is 6.16. The molecule has 1 saturated heterocycles. The van der Waals surface area contributed by atoms with Crippen molar-refractivity contribution in [1.82, 2.24) is 25.6 Å². The van der Waals surface area contributed by atoms with Crippen molar-refractivity contribution in [2.45, 2.75) is 45.2 Å². The number of hydrogen-bond acceptors (Lipinski definition) is 5. The SMILES string of the molecule is Cc1ccc(CC(C)NC(=O)c2cn(C3CCNCC3)nn2)s1. The first-order valence-corrected chi connectivity index (χ1v) is 8.92. The van der Waals surface area contributed by atoms with Crippen LogP contribution in [0.15, 0.2) is 18.3 Å². The van der Waals surface area contributed by atoms with Crippen LogP contribution in [0.3, 0.4) is 0 Å². The number of carbonyl (C=O) groups excluding carboxylic acids is 1. The van der Waals surface area contributed by atoms with Crippen LogP contribution >= 0.6 is 11.3 Å². The highest BCUT2D eigenvalue weighted by atomic mass is 32.1. The van der Waals surface area contributed by atoms with E-state index in [9.17, 15) is 4.79 Å². The molecule has 1 aliphatic heterocycles. The molecule has 1 atom stereocenters. The summed E-state index contributed by atoms with van der Waals surface area (Å²) in [5.41, 5.74) is 0.401. The molecule has 1 aliphatic rings. The van der Waals surface area contributed by atoms with E-state index >= 15 is 0 Å². The number of thiophene rings is 1. The van der Waals surface area contributed by atoms with Crippen LogP contribution in [0.25, 0.3) is 0 Å². The van der Waals surface area contributed by atoms with Gasteiger partial charge in [-0.25, -0.2) is 4.68 Å². The minimum atomic E-state index is -0.147. The number of rotatable bonds is 5. The smallest absolute Gasteiger partial charge is 0.273 e. The summed E-state index contributed by atoms with van der Waals surface area (Å²) in [6.07, 6.45) is 4.66. The summed E-state index contributed by atoms with van der Waals surface area (Å²) in [5, 5.41) is 14.5. The Labute approximate surface area is 140 Å². The third-order valence-electron chi connectivity index (χ3n) is 4.11. The number of piperidine rings is 1. The van der Waals surface area contributed by atoms with Crippen molar-refractivity contribution in [3.63, 3.8) is 0 Å². The molecule has 0 spiro atoms. The number of nitrogens with zero attached hydrogens (tertiary/aromatic N) is 3. The number of carbonyl (C=O) groups is 1. The van der Waals surface area contributed by atoms with E-state index in [1.807, 2.05) is 11.6 Å². The minimum Gasteiger partial charge on any atom is -0.348 e. The van der Waals surface area contributed by atoms with Crippen molar-refractivity contribution in [1.29, 1.82) is 0 Å². The largest absolute Gasteiger partial charge is 0.348 e. The van der Waals surface area contributed by atoms with Crippen molar-refractivity contribution >= 4 is 17.2 Å². The first kappa shape index (κ1) is 16.1. The van der Waals surface area contributed by atoms with E-state index in [0.29, 0.717) is 11.7 Å². The molecular formula is C16H23N5OS. The molecule has 0 aromatic carbocycles. The molecule has 1 fully saturated rings. The highest BCUT2D eigenvalue weighted by Gasteiger charge is 2.19. The van der Waals surface area contributed by atoms with E-state index < -0.39 is 0 Å². The predicted octanol–water partition coefficient (Wildman–Crippen LogP) is 1.93. The molecule has 0 saturated carbocycles. The molecule has 2 aromatic heterocycles. The second kappa shape index (κ2) is 7.23. The number of aromatic nitrogens is 3. The average molecular weight is 333 g/mol. The third kappa shape index (κ3) is 4.17. The maximum absolute atomic E-state index is 12.3. The fourth-order valence-electron chi connectivity index (χ4n) is 2.88. The van der Waals surface area contributed by atoms with Gasteiger partial charge in [-0.2, -0.15) is 0 Å². The van der Waals surface area contributed by atoms with Gasteiger partial charge in [0.15, 0.2) is 5.69 Å². The maximum atomic E-state index is 12.3. The summed E-state index contributed by atoms with van der Waals surface area (Å²) >= 11 is 1.77. The zero-order chi connectivity index (χ0) is 16.2. The van der Waals surface area contributed by atoms with Gasteiger partial charge in [0.25, 0.3) is 5.91 Å². The van der Waals surface area contributed by atoms with Crippen LogP contribution in [0, 0.1) is 6.92 Å². The fraction of sp³-hybridized carbons (Fsp3) is 0.562. The van der Waals surface area contributed by atoms with E-state index in [1.165, 1.54) is 9.75 Å². The second-order valence-corrected chi connectivity index (χ2v) is 7.53. The van der Waals surface area contributed by atoms with Crippen LogP contribution in [0.5, 0.6) is 0 Å². The molecular weight excluding hydrogens is 310 g/mol. The van der Waals surface area contributed by atoms with Crippen molar-refractivity contribution in [2.24, 2.45) is 0 Å². The number of amides is 1. The van der Waals surface area contributed by atoms with E-state index in [-0.39, 0.29) is 11.9 Å². The molecule has 3 rings (SSSR count). The summed E-state index contributed by atoms with van der Waals surface area (Å²) in [6.45, 7) is 6.09. The minimum absolute atomic E-state index is 0.0737. The van der Waals surface area contributed by atoms with Crippen LogP contribution in [0.2, 0.25) is 0 Å². The van der Waals surface area contributed by atoms with Gasteiger partial charge < -0.3 is 10.6 Å². The van der Waals surface area contributed by atoms with Crippen LogP contribution in [-0.2, 0) is 6.42 Å². The molecule has 3 heterocycles. The lowest BCUT2D eigenvalue weighted by atomic mass is 10.1. The van der Waals surface area contributed by atoms with Gasteiger partial charge in [-0.05, 0) is 51.9 Å². The van der Waals surface area contributed by atoms with E-state index in [4.69, 9.17) is 0 Å². The third-order valence-corrected chi connectivity index (χ3v) is 5.13. The highest BCUT2D eigenvalue weighted by Crippen LogP contribution is 2.18. The lowest BCUT2D eigenvalue weighted by molar-refractivity contribution is 0.0935. The van der Waals surface area contributed by atoms with E-state index in [1.54, 1.807) is 17.5 Å². The molecule has 2 N–H and O–H groups in total. The van der Waals surface area contributed by atoms with Crippen LogP contribution in [-0.4, -0.2) is 40.0 Å². The van der Waals surface area contributed by atoms with Crippen molar-refractivity contribution in [3.05, 3.63) is 33.8 Å². The highest BCUT2D eigenvalue weighted by molar-refractivity contribution is 7.11. The zero-order valence-electron chi connectivity index (χ0n) is 13.6. The molecule has 0 aliphatic carbocycles. The number of aryl methyl sites for hydroxylation is 1. The monoisotopic (exact) mass is 333 g/mol. The summed E-state index contributed by atoms with van der Waals surface area (Å²) in [6, 6.07) is 4.65. The Balaban J connectivity index is 1.56. The van der Waals surface area contributed by atoms with Crippen LogP contribution in [0.1, 0.15) is 46.0 Å². The Kier molecular flexibility index (Phi) is 5.07. The summed E-state index contributed by atoms with van der Waals surface area (Å²) in [7, 11) is 0. The van der Waals surface area contributed by atoms with Gasteiger partial charge >= 0.3 is 0 Å². The van der Waals surface area contributed by atoms with Gasteiger partial charge in [0.2, 0.25) is 0 Å². The summed E-state index contributed by atoms with van der Waals surface area (Å²) in [4.78, 5) is 14.9. The molecule has 23 heavy (non-hydrogen) atoms. The molecule has 1 amide bonds. The first-order valence-electron chi connectivity index (χ1n) is 8.10. The Bertz CT molecular complexity index is 659. The molecule has 1 unspecified atom stereocenters. The Hall–Kier alpha value is -1.73. The molecule has 6 nitrogen and oxygen atoms in total. The molecule has 2 aromatic rings. The number of nitrogens with one attached hydrogen (secondary N) is 2. The molecule has 0 radical (unpaired) electrons. The zero-order valence-corrected chi connectivity index (χ0v) is 14.4. The van der Waals surface area contributed by atoms with Gasteiger partial charge in [-0.15, -0.1) is 16.4 Å². The quantitative estimate of drug-likeness (QED) is 0.877. The number of hydrogen-bond donors (Lipinski definition) is 2. The molecule has 7 heteroatoms. The van der Waals surface area contributed by atoms with Gasteiger partial charge in [0.05, 0.1) is 12.2 Å². The topological polar surface area (TPSA) is 71.8 Å². The van der Waals surface area contributed by atoms with E-state index in [0.717, 1.165) is 32.4 Å². The van der Waals surface area contributed by atoms with Crippen LogP contribution in [0.4, 0.5) is 0 Å². The summed E-state index contributed by atoms with van der Waals surface area (Å²) < 4.78 is 1.84. The van der Waals surface area contributed by atoms with Gasteiger partial charge in [0.1, 0.15) is 0 Å². The summed E-state index contributed by atoms with van der Waals surface area (Å²) in [5.74, 6) is -0.147. The Morgan fingerprint density at radius 1 is 1.48 bits per heavy atom. The van der Waals surface area contributed by atoms with Gasteiger partial charge in [-0.1, -0.05) is 5.21 Å². The lowest BCUT2D eigenvalue weighted by Crippen LogP contribution is -2.34. The lowest BCUT2D eigenvalue weighted by Gasteiger charge is -2.22. The average Bonchev–Trinajstić information content (AvgIpc) is 3.17. The van der Waals surface area contributed by atoms with Crippen molar-refractivity contribution in [3.8, 4) is 0 Å². The fourth-order valence-corrected chi connectivity index (χ4v) is 3.89. The van der Waals surface area contributed by atoms with Crippen molar-refractivity contribution in [2.75, 3.05) is 13.1 Å². The van der Waals surface area contributed by atoms with Crippen molar-refractivity contribution < 1.29 is 4.79 Å². The van der Waals surface area contributed by atoms with Gasteiger partial charge in [0, 0.05) is 22.2 Å². The van der Waals surface area contributed by atoms with E-state index in [2.05, 4.69) is 40.0 Å². The Morgan fingerprint density at radius 2 is 2.26 bits per heavy atom. The maximum Gasteiger partial charge on any atom is 0.273 e. The predicted molar refractivity (Wildman–Crippen MR) is 90.9 cm³/mol. The van der Waals surface area contributed by atoms with Crippen LogP contribution < -0.4 is 10.6 Å². The van der Waals surface area contributed by atoms with Gasteiger partial charge in [-0.3, -0.25) is 4.79 Å². The molecule has 124 valence electrons.